The highest BCUT2D eigenvalue weighted by atomic mass is 16.2. The number of fused-ring (bicyclic) bond motifs is 1. The zero-order valence-electron chi connectivity index (χ0n) is 17.9. The quantitative estimate of drug-likeness (QED) is 0.272. The van der Waals surface area contributed by atoms with Gasteiger partial charge in [-0.25, -0.2) is 9.98 Å². The van der Waals surface area contributed by atoms with Gasteiger partial charge in [0.05, 0.1) is 22.7 Å². The smallest absolute Gasteiger partial charge is 0.260 e. The van der Waals surface area contributed by atoms with E-state index >= 15 is 0 Å². The van der Waals surface area contributed by atoms with Gasteiger partial charge >= 0.3 is 0 Å². The Hall–Kier alpha value is -5.23. The minimum absolute atomic E-state index is 0.0942. The topological polar surface area (TPSA) is 149 Å². The first-order valence-corrected chi connectivity index (χ1v) is 10.1. The monoisotopic (exact) mass is 449 g/mol. The molecule has 1 heterocycles. The van der Waals surface area contributed by atoms with Gasteiger partial charge in [0.1, 0.15) is 5.52 Å². The number of nitrogens with zero attached hydrogens (tertiary/aromatic N) is 3. The van der Waals surface area contributed by atoms with Crippen molar-refractivity contribution in [2.45, 2.75) is 0 Å². The predicted octanol–water partition coefficient (Wildman–Crippen LogP) is 3.54. The maximum Gasteiger partial charge on any atom is 0.260 e. The van der Waals surface area contributed by atoms with Gasteiger partial charge in [0.15, 0.2) is 5.96 Å². The number of anilines is 1. The number of rotatable bonds is 5. The molecule has 3 aromatic carbocycles. The lowest BCUT2D eigenvalue weighted by molar-refractivity contribution is 0.0977. The maximum atomic E-state index is 12.9. The first-order valence-electron chi connectivity index (χ1n) is 10.1. The van der Waals surface area contributed by atoms with Crippen LogP contribution < -0.4 is 16.4 Å². The van der Waals surface area contributed by atoms with E-state index in [2.05, 4.69) is 38.2 Å². The summed E-state index contributed by atoms with van der Waals surface area (Å²) in [5.74, 6) is -0.768. The van der Waals surface area contributed by atoms with Gasteiger partial charge in [-0.05, 0) is 47.5 Å². The molecule has 0 aliphatic carbocycles. The Morgan fingerprint density at radius 1 is 1.06 bits per heavy atom. The van der Waals surface area contributed by atoms with Crippen LogP contribution in [0.1, 0.15) is 26.3 Å². The Balaban J connectivity index is 1.57. The number of nitriles is 1. The van der Waals surface area contributed by atoms with Crippen molar-refractivity contribution < 1.29 is 9.59 Å². The number of carbonyl (C=O) groups excluding carboxylic acids is 2. The van der Waals surface area contributed by atoms with E-state index in [1.807, 2.05) is 18.2 Å². The molecule has 4 aromatic rings. The molecule has 166 valence electrons. The number of aromatic nitrogens is 2. The third-order valence-electron chi connectivity index (χ3n) is 4.93. The normalized spacial score (nSPS) is 11.0. The third kappa shape index (κ3) is 4.66. The molecule has 1 aromatic heterocycles. The Morgan fingerprint density at radius 2 is 1.82 bits per heavy atom. The Kier molecular flexibility index (Phi) is 6.14. The van der Waals surface area contributed by atoms with Gasteiger partial charge in [-0.15, -0.1) is 0 Å². The van der Waals surface area contributed by atoms with Crippen LogP contribution in [0.5, 0.6) is 0 Å². The van der Waals surface area contributed by atoms with Gasteiger partial charge in [-0.2, -0.15) is 5.26 Å². The molecule has 0 saturated carbocycles. The molecule has 5 N–H and O–H groups in total. The number of aliphatic imine (C=N–C) groups is 1. The summed E-state index contributed by atoms with van der Waals surface area (Å²) in [6.07, 6.45) is 1.22. The van der Waals surface area contributed by atoms with Gasteiger partial charge in [0.2, 0.25) is 5.95 Å². The Bertz CT molecular complexity index is 1480. The molecule has 0 radical (unpaired) electrons. The molecular weight excluding hydrogens is 430 g/mol. The van der Waals surface area contributed by atoms with E-state index in [9.17, 15) is 9.59 Å². The van der Waals surface area contributed by atoms with Gasteiger partial charge in [-0.1, -0.05) is 36.9 Å². The lowest BCUT2D eigenvalue weighted by Gasteiger charge is -2.06. The summed E-state index contributed by atoms with van der Waals surface area (Å²) in [6, 6.07) is 21.3. The number of guanidine groups is 1. The average molecular weight is 449 g/mol. The first kappa shape index (κ1) is 22.0. The fourth-order valence-electron chi connectivity index (χ4n) is 3.35. The number of imidazole rings is 1. The molecule has 0 aliphatic heterocycles. The average Bonchev–Trinajstić information content (AvgIpc) is 3.26. The van der Waals surface area contributed by atoms with E-state index in [4.69, 9.17) is 11.0 Å². The summed E-state index contributed by atoms with van der Waals surface area (Å²) in [5.41, 5.74) is 9.51. The van der Waals surface area contributed by atoms with Crippen molar-refractivity contribution in [1.29, 1.82) is 5.26 Å². The van der Waals surface area contributed by atoms with E-state index in [0.717, 1.165) is 11.1 Å². The Morgan fingerprint density at radius 3 is 2.56 bits per heavy atom. The molecule has 2 amide bonds. The summed E-state index contributed by atoms with van der Waals surface area (Å²) in [6.45, 7) is 3.43. The molecule has 9 heteroatoms. The number of benzene rings is 3. The second-order valence-corrected chi connectivity index (χ2v) is 7.16. The van der Waals surface area contributed by atoms with Crippen LogP contribution in [0.15, 0.2) is 84.5 Å². The zero-order chi connectivity index (χ0) is 24.1. The first-order chi connectivity index (χ1) is 16.5. The number of hydrogen-bond acceptors (Lipinski definition) is 5. The van der Waals surface area contributed by atoms with Crippen molar-refractivity contribution in [2.24, 2.45) is 10.7 Å². The van der Waals surface area contributed by atoms with Crippen LogP contribution in [0, 0.1) is 11.3 Å². The molecule has 34 heavy (non-hydrogen) atoms. The van der Waals surface area contributed by atoms with Crippen LogP contribution in [-0.4, -0.2) is 27.7 Å². The van der Waals surface area contributed by atoms with Gasteiger partial charge in [0, 0.05) is 11.8 Å². The number of aromatic amines is 1. The van der Waals surface area contributed by atoms with E-state index in [-0.39, 0.29) is 23.4 Å². The van der Waals surface area contributed by atoms with Gasteiger partial charge < -0.3 is 10.7 Å². The van der Waals surface area contributed by atoms with Crippen molar-refractivity contribution in [3.8, 4) is 17.2 Å². The van der Waals surface area contributed by atoms with Crippen LogP contribution >= 0.6 is 0 Å². The number of nitrogens with one attached hydrogen (secondary N) is 3. The largest absolute Gasteiger partial charge is 0.369 e. The molecule has 0 bridgehead atoms. The molecule has 0 spiro atoms. The van der Waals surface area contributed by atoms with Crippen LogP contribution in [-0.2, 0) is 0 Å². The standard InChI is InChI=1S/C25H19N7O2/c1-2-28-24(27)31-23(34)19-7-4-8-20-21(19)30-25(29-20)32-22(33)18-6-3-5-17(13-18)16-11-9-15(14-26)10-12-16/h2-13H,1H2,(H3,27,28,31,34)(H2,29,30,32,33). The van der Waals surface area contributed by atoms with Crippen molar-refractivity contribution in [3.05, 3.63) is 96.2 Å². The van der Waals surface area contributed by atoms with Gasteiger partial charge in [-0.3, -0.25) is 20.2 Å². The maximum absolute atomic E-state index is 12.9. The molecule has 0 saturated heterocycles. The number of H-pyrrole nitrogens is 1. The second kappa shape index (κ2) is 9.50. The summed E-state index contributed by atoms with van der Waals surface area (Å²) < 4.78 is 0. The van der Waals surface area contributed by atoms with E-state index in [1.165, 1.54) is 6.20 Å². The third-order valence-corrected chi connectivity index (χ3v) is 4.93. The SMILES string of the molecule is C=CN=C(N)NC(=O)c1cccc2[nH]c(NC(=O)c3cccc(-c4ccc(C#N)cc4)c3)nc12. The molecule has 0 aliphatic rings. The number of carbonyl (C=O) groups is 2. The molecule has 0 fully saturated rings. The zero-order valence-corrected chi connectivity index (χ0v) is 17.9. The summed E-state index contributed by atoms with van der Waals surface area (Å²) in [7, 11) is 0. The molecule has 0 unspecified atom stereocenters. The Labute approximate surface area is 194 Å². The molecule has 4 rings (SSSR count). The number of para-hydroxylation sites is 1. The number of amides is 2. The lowest BCUT2D eigenvalue weighted by Crippen LogP contribution is -2.36. The van der Waals surface area contributed by atoms with Gasteiger partial charge in [0.25, 0.3) is 11.8 Å². The predicted molar refractivity (Wildman–Crippen MR) is 130 cm³/mol. The van der Waals surface area contributed by atoms with Crippen LogP contribution in [0.3, 0.4) is 0 Å². The van der Waals surface area contributed by atoms with Crippen LogP contribution in [0.25, 0.3) is 22.2 Å². The van der Waals surface area contributed by atoms with Crippen molar-refractivity contribution in [3.63, 3.8) is 0 Å². The highest BCUT2D eigenvalue weighted by Crippen LogP contribution is 2.22. The van der Waals surface area contributed by atoms with Crippen LogP contribution in [0.2, 0.25) is 0 Å². The second-order valence-electron chi connectivity index (χ2n) is 7.16. The summed E-state index contributed by atoms with van der Waals surface area (Å²) in [5, 5.41) is 14.2. The van der Waals surface area contributed by atoms with E-state index < -0.39 is 5.91 Å². The minimum atomic E-state index is -0.492. The summed E-state index contributed by atoms with van der Waals surface area (Å²) >= 11 is 0. The molecular formula is C25H19N7O2. The fraction of sp³-hybridized carbons (Fsp3) is 0. The number of nitrogens with two attached hydrogens (primary N) is 1. The minimum Gasteiger partial charge on any atom is -0.369 e. The highest BCUT2D eigenvalue weighted by Gasteiger charge is 2.16. The molecule has 9 nitrogen and oxygen atoms in total. The van der Waals surface area contributed by atoms with Crippen LogP contribution in [0.4, 0.5) is 5.95 Å². The lowest BCUT2D eigenvalue weighted by atomic mass is 10.0. The van der Waals surface area contributed by atoms with Crippen molar-refractivity contribution in [1.82, 2.24) is 15.3 Å². The van der Waals surface area contributed by atoms with Crippen molar-refractivity contribution >= 4 is 34.8 Å². The molecule has 0 atom stereocenters. The number of hydrogen-bond donors (Lipinski definition) is 4. The van der Waals surface area contributed by atoms with E-state index in [1.54, 1.807) is 48.5 Å². The highest BCUT2D eigenvalue weighted by molar-refractivity contribution is 6.12. The fourth-order valence-corrected chi connectivity index (χ4v) is 3.35. The van der Waals surface area contributed by atoms with Crippen molar-refractivity contribution in [2.75, 3.05) is 5.32 Å². The summed E-state index contributed by atoms with van der Waals surface area (Å²) in [4.78, 5) is 36.5. The van der Waals surface area contributed by atoms with E-state index in [0.29, 0.717) is 22.2 Å².